The molecule has 0 saturated heterocycles. The molecule has 1 aliphatic rings. The Morgan fingerprint density at radius 1 is 1.38 bits per heavy atom. The molecule has 1 aromatic carbocycles. The highest BCUT2D eigenvalue weighted by Crippen LogP contribution is 2.14. The summed E-state index contributed by atoms with van der Waals surface area (Å²) < 4.78 is 1.98. The third-order valence-electron chi connectivity index (χ3n) is 1.67. The number of para-hydroxylation sites is 1. The van der Waals surface area contributed by atoms with Gasteiger partial charge in [-0.25, -0.2) is 4.84 Å². The second-order valence-electron chi connectivity index (χ2n) is 2.53. The summed E-state index contributed by atoms with van der Waals surface area (Å²) in [7, 11) is 0. The summed E-state index contributed by atoms with van der Waals surface area (Å²) in [4.78, 5) is 4.67. The van der Waals surface area contributed by atoms with Crippen LogP contribution in [0.15, 0.2) is 30.3 Å². The Morgan fingerprint density at radius 2 is 2.08 bits per heavy atom. The van der Waals surface area contributed by atoms with E-state index in [0.717, 1.165) is 5.69 Å². The Hall–Kier alpha value is -0.910. The molecule has 0 saturated carbocycles. The molecule has 68 valence electrons. The molecule has 1 heterocycles. The van der Waals surface area contributed by atoms with E-state index in [0.29, 0.717) is 4.62 Å². The van der Waals surface area contributed by atoms with E-state index in [4.69, 9.17) is 0 Å². The maximum absolute atomic E-state index is 11.0. The molecule has 0 amide bonds. The molecule has 4 nitrogen and oxygen atoms in total. The van der Waals surface area contributed by atoms with Gasteiger partial charge in [-0.15, -0.1) is 0 Å². The topological polar surface area (TPSA) is 47.3 Å². The van der Waals surface area contributed by atoms with Crippen LogP contribution in [-0.2, 0) is 4.84 Å². The SMILES string of the molecule is [O-]C1ON[N+](c2ccccc2)=C1Br. The van der Waals surface area contributed by atoms with Gasteiger partial charge >= 0.3 is 0 Å². The number of halogens is 1. The summed E-state index contributed by atoms with van der Waals surface area (Å²) >= 11 is 3.15. The number of nitrogens with zero attached hydrogens (tertiary/aromatic N) is 1. The lowest BCUT2D eigenvalue weighted by Gasteiger charge is -2.03. The van der Waals surface area contributed by atoms with Gasteiger partial charge in [0.25, 0.3) is 4.62 Å². The molecule has 0 fully saturated rings. The lowest BCUT2D eigenvalue weighted by atomic mass is 10.3. The summed E-state index contributed by atoms with van der Waals surface area (Å²) in [6, 6.07) is 9.42. The van der Waals surface area contributed by atoms with Crippen LogP contribution in [0.2, 0.25) is 0 Å². The number of hydrogen-bond donors (Lipinski definition) is 1. The standard InChI is InChI=1S/C8H7BrN2O2/c9-7-8(12)13-10-11(7)6-4-2-1-3-5-6/h1-5,8,10H. The van der Waals surface area contributed by atoms with Crippen molar-refractivity contribution < 1.29 is 14.6 Å². The maximum atomic E-state index is 11.0. The lowest BCUT2D eigenvalue weighted by molar-refractivity contribution is -0.570. The van der Waals surface area contributed by atoms with E-state index in [2.05, 4.69) is 26.4 Å². The molecule has 1 unspecified atom stereocenters. The first kappa shape index (κ1) is 8.68. The Kier molecular flexibility index (Phi) is 2.30. The third kappa shape index (κ3) is 1.58. The fraction of sp³-hybridized carbons (Fsp3) is 0.125. The van der Waals surface area contributed by atoms with E-state index >= 15 is 0 Å². The first-order valence-electron chi connectivity index (χ1n) is 3.73. The van der Waals surface area contributed by atoms with Gasteiger partial charge in [0.1, 0.15) is 6.29 Å². The molecule has 5 heteroatoms. The number of hydrazine groups is 1. The van der Waals surface area contributed by atoms with Crippen molar-refractivity contribution in [2.75, 3.05) is 0 Å². The fourth-order valence-corrected chi connectivity index (χ4v) is 1.42. The van der Waals surface area contributed by atoms with Crippen molar-refractivity contribution in [2.24, 2.45) is 0 Å². The van der Waals surface area contributed by atoms with Crippen molar-refractivity contribution in [3.8, 4) is 0 Å². The molecule has 1 aromatic rings. The van der Waals surface area contributed by atoms with Crippen LogP contribution >= 0.6 is 15.9 Å². The predicted octanol–water partition coefficient (Wildman–Crippen LogP) is 0.260. The van der Waals surface area contributed by atoms with Crippen molar-refractivity contribution in [1.29, 1.82) is 0 Å². The molecule has 1 aliphatic heterocycles. The number of benzene rings is 1. The molecule has 0 spiro atoms. The van der Waals surface area contributed by atoms with Gasteiger partial charge in [-0.05, 0) is 4.68 Å². The monoisotopic (exact) mass is 242 g/mol. The van der Waals surface area contributed by atoms with E-state index in [-0.39, 0.29) is 0 Å². The van der Waals surface area contributed by atoms with Gasteiger partial charge in [-0.2, -0.15) is 0 Å². The Labute approximate surface area is 83.5 Å². The molecule has 2 rings (SSSR count). The Balaban J connectivity index is 2.38. The van der Waals surface area contributed by atoms with Crippen molar-refractivity contribution in [2.45, 2.75) is 6.29 Å². The summed E-state index contributed by atoms with van der Waals surface area (Å²) in [5, 5.41) is 11.0. The zero-order valence-electron chi connectivity index (χ0n) is 6.61. The highest BCUT2D eigenvalue weighted by atomic mass is 79.9. The third-order valence-corrected chi connectivity index (χ3v) is 2.40. The number of nitrogens with one attached hydrogen (secondary N) is 1. The molecule has 13 heavy (non-hydrogen) atoms. The minimum absolute atomic E-state index is 0.429. The van der Waals surface area contributed by atoms with Crippen LogP contribution < -0.4 is 10.7 Å². The number of hydrogen-bond acceptors (Lipinski definition) is 3. The molecular weight excluding hydrogens is 236 g/mol. The Bertz CT molecular complexity index is 339. The van der Waals surface area contributed by atoms with Gasteiger partial charge in [0.2, 0.25) is 5.69 Å². The van der Waals surface area contributed by atoms with Gasteiger partial charge in [0.15, 0.2) is 0 Å². The summed E-state index contributed by atoms with van der Waals surface area (Å²) in [6.07, 6.45) is -1.19. The summed E-state index contributed by atoms with van der Waals surface area (Å²) in [6.45, 7) is 0. The van der Waals surface area contributed by atoms with Gasteiger partial charge < -0.3 is 5.11 Å². The quantitative estimate of drug-likeness (QED) is 0.720. The van der Waals surface area contributed by atoms with Crippen LogP contribution in [0.3, 0.4) is 0 Å². The maximum Gasteiger partial charge on any atom is 0.271 e. The zero-order valence-corrected chi connectivity index (χ0v) is 8.19. The van der Waals surface area contributed by atoms with E-state index in [1.807, 2.05) is 30.3 Å². The normalized spacial score (nSPS) is 21.8. The first-order valence-corrected chi connectivity index (χ1v) is 4.53. The van der Waals surface area contributed by atoms with Crippen LogP contribution in [0, 0.1) is 0 Å². The van der Waals surface area contributed by atoms with Crippen LogP contribution in [-0.4, -0.2) is 15.6 Å². The summed E-state index contributed by atoms with van der Waals surface area (Å²) in [5.74, 6) is 0. The molecule has 0 aromatic heterocycles. The molecule has 1 N–H and O–H groups in total. The van der Waals surface area contributed by atoms with Crippen molar-refractivity contribution >= 4 is 26.2 Å². The molecular formula is C8H7BrN2O2. The lowest BCUT2D eigenvalue weighted by Crippen LogP contribution is -2.31. The smallest absolute Gasteiger partial charge is 0.271 e. The molecule has 0 aliphatic carbocycles. The average Bonchev–Trinajstić information content (AvgIpc) is 2.49. The largest absolute Gasteiger partial charge is 0.820 e. The second-order valence-corrected chi connectivity index (χ2v) is 3.35. The predicted molar refractivity (Wildman–Crippen MR) is 48.3 cm³/mol. The van der Waals surface area contributed by atoms with E-state index in [9.17, 15) is 5.11 Å². The average molecular weight is 243 g/mol. The van der Waals surface area contributed by atoms with Crippen LogP contribution in [0.1, 0.15) is 0 Å². The molecule has 0 bridgehead atoms. The number of hydrazone groups is 1. The number of rotatable bonds is 1. The van der Waals surface area contributed by atoms with Gasteiger partial charge in [-0.3, -0.25) is 0 Å². The molecule has 0 radical (unpaired) electrons. The zero-order chi connectivity index (χ0) is 9.26. The van der Waals surface area contributed by atoms with Crippen LogP contribution in [0.4, 0.5) is 5.69 Å². The van der Waals surface area contributed by atoms with Crippen molar-refractivity contribution in [3.63, 3.8) is 0 Å². The molecule has 1 atom stereocenters. The van der Waals surface area contributed by atoms with Crippen molar-refractivity contribution in [1.82, 2.24) is 5.59 Å². The highest BCUT2D eigenvalue weighted by molar-refractivity contribution is 9.18. The Morgan fingerprint density at radius 3 is 2.62 bits per heavy atom. The van der Waals surface area contributed by atoms with E-state index in [1.54, 1.807) is 4.68 Å². The fourth-order valence-electron chi connectivity index (χ4n) is 1.05. The van der Waals surface area contributed by atoms with Gasteiger partial charge in [-0.1, -0.05) is 23.8 Å². The van der Waals surface area contributed by atoms with Gasteiger partial charge in [0, 0.05) is 28.1 Å². The van der Waals surface area contributed by atoms with E-state index < -0.39 is 6.29 Å². The first-order chi connectivity index (χ1) is 6.29. The highest BCUT2D eigenvalue weighted by Gasteiger charge is 2.26. The summed E-state index contributed by atoms with van der Waals surface area (Å²) in [5.41, 5.74) is 3.36. The van der Waals surface area contributed by atoms with E-state index in [1.165, 1.54) is 0 Å². The second kappa shape index (κ2) is 3.45. The van der Waals surface area contributed by atoms with Crippen LogP contribution in [0.5, 0.6) is 0 Å². The van der Waals surface area contributed by atoms with Gasteiger partial charge in [0.05, 0.1) is 0 Å². The minimum Gasteiger partial charge on any atom is -0.820 e. The minimum atomic E-state index is -1.19. The van der Waals surface area contributed by atoms with Crippen molar-refractivity contribution in [3.05, 3.63) is 30.3 Å². The van der Waals surface area contributed by atoms with Crippen LogP contribution in [0.25, 0.3) is 0 Å².